The van der Waals surface area contributed by atoms with Gasteiger partial charge in [-0.2, -0.15) is 0 Å². The van der Waals surface area contributed by atoms with Crippen molar-refractivity contribution >= 4 is 17.1 Å². The van der Waals surface area contributed by atoms with Gasteiger partial charge in [0.1, 0.15) is 5.82 Å². The van der Waals surface area contributed by atoms with Gasteiger partial charge < -0.3 is 0 Å². The van der Waals surface area contributed by atoms with Crippen molar-refractivity contribution in [1.29, 1.82) is 0 Å². The maximum absolute atomic E-state index is 14.6. The molecule has 134 valence electrons. The van der Waals surface area contributed by atoms with Gasteiger partial charge in [0.25, 0.3) is 0 Å². The zero-order valence-electron chi connectivity index (χ0n) is 14.4. The number of hydrogen-bond acceptors (Lipinski definition) is 2. The highest BCUT2D eigenvalue weighted by Gasteiger charge is 2.20. The van der Waals surface area contributed by atoms with Crippen LogP contribution in [0.5, 0.6) is 0 Å². The Kier molecular flexibility index (Phi) is 5.28. The number of Topliss-reactive ketones (excluding diaryl/α,β-unsaturated/α-hetero) is 1. The summed E-state index contributed by atoms with van der Waals surface area (Å²) >= 11 is 1.57. The molecule has 1 nitrogen and oxygen atoms in total. The summed E-state index contributed by atoms with van der Waals surface area (Å²) in [6.45, 7) is 3.62. The number of hydrogen-bond donors (Lipinski definition) is 0. The normalized spacial score (nSPS) is 11.0. The van der Waals surface area contributed by atoms with Crippen molar-refractivity contribution in [3.63, 3.8) is 0 Å². The van der Waals surface area contributed by atoms with E-state index in [-0.39, 0.29) is 23.1 Å². The van der Waals surface area contributed by atoms with Crippen LogP contribution >= 0.6 is 11.3 Å². The average Bonchev–Trinajstić information content (AvgIpc) is 3.13. The van der Waals surface area contributed by atoms with E-state index in [0.717, 1.165) is 11.3 Å². The van der Waals surface area contributed by atoms with Crippen LogP contribution in [0.4, 0.5) is 13.2 Å². The van der Waals surface area contributed by atoms with E-state index in [1.165, 1.54) is 29.1 Å². The van der Waals surface area contributed by atoms with E-state index in [0.29, 0.717) is 5.56 Å². The lowest BCUT2D eigenvalue weighted by atomic mass is 9.98. The van der Waals surface area contributed by atoms with Gasteiger partial charge in [0.15, 0.2) is 17.4 Å². The van der Waals surface area contributed by atoms with Crippen molar-refractivity contribution in [3.05, 3.63) is 70.4 Å². The van der Waals surface area contributed by atoms with E-state index < -0.39 is 23.2 Å². The quantitative estimate of drug-likeness (QED) is 0.457. The minimum atomic E-state index is -1.23. The van der Waals surface area contributed by atoms with Crippen LogP contribution in [-0.2, 0) is 6.42 Å². The summed E-state index contributed by atoms with van der Waals surface area (Å²) < 4.78 is 43.2. The van der Waals surface area contributed by atoms with E-state index in [4.69, 9.17) is 0 Å². The molecule has 0 unspecified atom stereocenters. The molecule has 0 saturated carbocycles. The zero-order chi connectivity index (χ0) is 18.8. The molecule has 0 fully saturated rings. The Labute approximate surface area is 154 Å². The highest BCUT2D eigenvalue weighted by Crippen LogP contribution is 2.34. The second-order valence-corrected chi connectivity index (χ2v) is 7.05. The molecule has 0 aliphatic carbocycles. The lowest BCUT2D eigenvalue weighted by Gasteiger charge is -2.10. The molecule has 0 spiro atoms. The molecule has 26 heavy (non-hydrogen) atoms. The lowest BCUT2D eigenvalue weighted by Crippen LogP contribution is -2.04. The predicted molar refractivity (Wildman–Crippen MR) is 99.1 cm³/mol. The molecule has 1 heterocycles. The van der Waals surface area contributed by atoms with E-state index in [9.17, 15) is 18.0 Å². The molecule has 0 N–H and O–H groups in total. The molecule has 0 bridgehead atoms. The third kappa shape index (κ3) is 3.31. The first kappa shape index (κ1) is 18.4. The molecule has 0 amide bonds. The number of thiophene rings is 1. The molecule has 1 aromatic heterocycles. The van der Waals surface area contributed by atoms with E-state index in [1.807, 2.05) is 19.1 Å². The van der Waals surface area contributed by atoms with Gasteiger partial charge >= 0.3 is 0 Å². The van der Waals surface area contributed by atoms with Crippen LogP contribution in [0.1, 0.15) is 35.5 Å². The van der Waals surface area contributed by atoms with E-state index >= 15 is 0 Å². The van der Waals surface area contributed by atoms with E-state index in [2.05, 4.69) is 0 Å². The molecule has 0 aliphatic heterocycles. The molecule has 3 rings (SSSR count). The first-order valence-corrected chi connectivity index (χ1v) is 9.18. The summed E-state index contributed by atoms with van der Waals surface area (Å²) in [7, 11) is 0. The standard InChI is InChI=1S/C21H17F3OS/c1-3-13-6-10-19(26-13)12-5-7-14(17(22)11-12)15-8-9-16(18(25)4-2)21(24)20(15)23/h5-11H,3-4H2,1-2H3. The smallest absolute Gasteiger partial charge is 0.170 e. The van der Waals surface area contributed by atoms with Crippen molar-refractivity contribution in [3.8, 4) is 21.6 Å². The summed E-state index contributed by atoms with van der Waals surface area (Å²) in [6, 6.07) is 10.8. The third-order valence-electron chi connectivity index (χ3n) is 4.26. The first-order chi connectivity index (χ1) is 12.5. The number of ketones is 1. The van der Waals surface area contributed by atoms with Gasteiger partial charge in [0.05, 0.1) is 5.56 Å². The van der Waals surface area contributed by atoms with Crippen molar-refractivity contribution in [2.24, 2.45) is 0 Å². The first-order valence-electron chi connectivity index (χ1n) is 8.36. The minimum Gasteiger partial charge on any atom is -0.294 e. The molecule has 0 aliphatic rings. The Balaban J connectivity index is 2.02. The Morgan fingerprint density at radius 1 is 0.923 bits per heavy atom. The van der Waals surface area contributed by atoms with Crippen LogP contribution < -0.4 is 0 Å². The Morgan fingerprint density at radius 2 is 1.65 bits per heavy atom. The van der Waals surface area contributed by atoms with Crippen molar-refractivity contribution < 1.29 is 18.0 Å². The maximum Gasteiger partial charge on any atom is 0.170 e. The highest BCUT2D eigenvalue weighted by atomic mass is 32.1. The lowest BCUT2D eigenvalue weighted by molar-refractivity contribution is 0.0983. The monoisotopic (exact) mass is 374 g/mol. The van der Waals surface area contributed by atoms with Crippen LogP contribution in [0.15, 0.2) is 42.5 Å². The highest BCUT2D eigenvalue weighted by molar-refractivity contribution is 7.15. The number of carbonyl (C=O) groups excluding carboxylic acids is 1. The summed E-state index contributed by atoms with van der Waals surface area (Å²) in [5.74, 6) is -3.57. The van der Waals surface area contributed by atoms with Gasteiger partial charge in [0, 0.05) is 27.3 Å². The predicted octanol–water partition coefficient (Wildman–Crippen LogP) is 6.65. The molecule has 5 heteroatoms. The van der Waals surface area contributed by atoms with Crippen molar-refractivity contribution in [1.82, 2.24) is 0 Å². The fraction of sp³-hybridized carbons (Fsp3) is 0.190. The molecule has 0 atom stereocenters. The molecule has 3 aromatic rings. The molecular formula is C21H17F3OS. The Hall–Kier alpha value is -2.40. The molecule has 2 aromatic carbocycles. The second-order valence-electron chi connectivity index (χ2n) is 5.88. The van der Waals surface area contributed by atoms with Crippen molar-refractivity contribution in [2.45, 2.75) is 26.7 Å². The number of carbonyl (C=O) groups is 1. The number of halogens is 3. The summed E-state index contributed by atoms with van der Waals surface area (Å²) in [4.78, 5) is 13.8. The fourth-order valence-electron chi connectivity index (χ4n) is 2.77. The maximum atomic E-state index is 14.6. The van der Waals surface area contributed by atoms with Crippen LogP contribution in [0.25, 0.3) is 21.6 Å². The Morgan fingerprint density at radius 3 is 2.27 bits per heavy atom. The molecular weight excluding hydrogens is 357 g/mol. The molecule has 0 saturated heterocycles. The topological polar surface area (TPSA) is 17.1 Å². The van der Waals surface area contributed by atoms with Crippen molar-refractivity contribution in [2.75, 3.05) is 0 Å². The van der Waals surface area contributed by atoms with Crippen LogP contribution in [0.3, 0.4) is 0 Å². The van der Waals surface area contributed by atoms with Gasteiger partial charge in [-0.15, -0.1) is 11.3 Å². The fourth-order valence-corrected chi connectivity index (χ4v) is 3.72. The second kappa shape index (κ2) is 7.46. The van der Waals surface area contributed by atoms with Crippen LogP contribution in [0.2, 0.25) is 0 Å². The Bertz CT molecular complexity index is 975. The van der Waals surface area contributed by atoms with Gasteiger partial charge in [-0.25, -0.2) is 13.2 Å². The number of benzene rings is 2. The largest absolute Gasteiger partial charge is 0.294 e. The number of rotatable bonds is 5. The summed E-state index contributed by atoms with van der Waals surface area (Å²) in [6.07, 6.45) is 0.970. The van der Waals surface area contributed by atoms with Gasteiger partial charge in [-0.3, -0.25) is 4.79 Å². The number of aryl methyl sites for hydroxylation is 1. The summed E-state index contributed by atoms with van der Waals surface area (Å²) in [5, 5.41) is 0. The minimum absolute atomic E-state index is 0.0343. The summed E-state index contributed by atoms with van der Waals surface area (Å²) in [5.41, 5.74) is 0.151. The van der Waals surface area contributed by atoms with E-state index in [1.54, 1.807) is 24.3 Å². The van der Waals surface area contributed by atoms with Crippen LogP contribution in [0, 0.1) is 17.5 Å². The SMILES string of the molecule is CCC(=O)c1ccc(-c2ccc(-c3ccc(CC)s3)cc2F)c(F)c1F. The van der Waals surface area contributed by atoms with Gasteiger partial charge in [-0.05, 0) is 36.2 Å². The van der Waals surface area contributed by atoms with Crippen LogP contribution in [-0.4, -0.2) is 5.78 Å². The third-order valence-corrected chi connectivity index (χ3v) is 5.54. The van der Waals surface area contributed by atoms with Gasteiger partial charge in [0.2, 0.25) is 0 Å². The molecule has 0 radical (unpaired) electrons. The van der Waals surface area contributed by atoms with Gasteiger partial charge in [-0.1, -0.05) is 32.0 Å². The average molecular weight is 374 g/mol. The zero-order valence-corrected chi connectivity index (χ0v) is 15.2.